The van der Waals surface area contributed by atoms with Crippen LogP contribution < -0.4 is 4.72 Å². The van der Waals surface area contributed by atoms with Crippen molar-refractivity contribution in [3.8, 4) is 0 Å². The van der Waals surface area contributed by atoms with E-state index in [1.807, 2.05) is 32.9 Å². The topological polar surface area (TPSA) is 49.4 Å². The summed E-state index contributed by atoms with van der Waals surface area (Å²) >= 11 is 0. The first-order valence-corrected chi connectivity index (χ1v) is 10.0. The van der Waals surface area contributed by atoms with E-state index in [1.165, 1.54) is 12.8 Å². The van der Waals surface area contributed by atoms with E-state index in [0.29, 0.717) is 17.4 Å². The van der Waals surface area contributed by atoms with Gasteiger partial charge in [0.15, 0.2) is 0 Å². The van der Waals surface area contributed by atoms with Crippen LogP contribution in [0.3, 0.4) is 0 Å². The van der Waals surface area contributed by atoms with Crippen molar-refractivity contribution in [3.63, 3.8) is 0 Å². The Balaban J connectivity index is 2.07. The Kier molecular flexibility index (Phi) is 5.87. The highest BCUT2D eigenvalue weighted by atomic mass is 32.2. The maximum Gasteiger partial charge on any atom is 0.241 e. The molecule has 0 amide bonds. The Labute approximate surface area is 141 Å². The van der Waals surface area contributed by atoms with E-state index >= 15 is 0 Å². The predicted molar refractivity (Wildman–Crippen MR) is 95.3 cm³/mol. The number of rotatable bonds is 5. The lowest BCUT2D eigenvalue weighted by Gasteiger charge is -2.35. The normalized spacial score (nSPS) is 21.3. The van der Waals surface area contributed by atoms with E-state index in [2.05, 4.69) is 23.5 Å². The highest BCUT2D eigenvalue weighted by Gasteiger charge is 2.24. The predicted octanol–water partition coefficient (Wildman–Crippen LogP) is 3.01. The molecule has 23 heavy (non-hydrogen) atoms. The summed E-state index contributed by atoms with van der Waals surface area (Å²) in [4.78, 5) is 2.83. The number of piperidine rings is 1. The number of nitrogens with one attached hydrogen (secondary N) is 1. The van der Waals surface area contributed by atoms with Crippen LogP contribution in [-0.4, -0.2) is 39.0 Å². The summed E-state index contributed by atoms with van der Waals surface area (Å²) in [5, 5.41) is 0. The fraction of sp³-hybridized carbons (Fsp3) is 0.667. The molecular weight excluding hydrogens is 308 g/mol. The maximum absolute atomic E-state index is 12.7. The van der Waals surface area contributed by atoms with Crippen LogP contribution in [0.1, 0.15) is 43.4 Å². The second-order valence-electron chi connectivity index (χ2n) is 7.17. The summed E-state index contributed by atoms with van der Waals surface area (Å²) in [5.74, 6) is 0.699. The number of aryl methyl sites for hydroxylation is 3. The summed E-state index contributed by atoms with van der Waals surface area (Å²) in [7, 11) is -3.46. The highest BCUT2D eigenvalue weighted by molar-refractivity contribution is 7.89. The molecule has 2 atom stereocenters. The zero-order valence-corrected chi connectivity index (χ0v) is 15.8. The monoisotopic (exact) mass is 338 g/mol. The summed E-state index contributed by atoms with van der Waals surface area (Å²) in [6, 6.07) is 4.08. The molecule has 0 aromatic heterocycles. The fourth-order valence-corrected chi connectivity index (χ4v) is 5.22. The molecule has 1 fully saturated rings. The van der Waals surface area contributed by atoms with Crippen LogP contribution in [0, 0.1) is 26.7 Å². The van der Waals surface area contributed by atoms with Crippen molar-refractivity contribution in [3.05, 3.63) is 28.8 Å². The van der Waals surface area contributed by atoms with Gasteiger partial charge in [-0.15, -0.1) is 0 Å². The van der Waals surface area contributed by atoms with Gasteiger partial charge in [-0.3, -0.25) is 4.90 Å². The van der Waals surface area contributed by atoms with Crippen LogP contribution in [0.2, 0.25) is 0 Å². The number of sulfonamides is 1. The number of hydrogen-bond donors (Lipinski definition) is 1. The molecule has 2 rings (SSSR count). The van der Waals surface area contributed by atoms with Crippen LogP contribution in [0.15, 0.2) is 17.0 Å². The van der Waals surface area contributed by atoms with E-state index in [1.54, 1.807) is 0 Å². The lowest BCUT2D eigenvalue weighted by molar-refractivity contribution is 0.140. The molecule has 5 heteroatoms. The van der Waals surface area contributed by atoms with Crippen LogP contribution in [0.4, 0.5) is 0 Å². The minimum absolute atomic E-state index is 0.221. The Morgan fingerprint density at radius 1 is 1.26 bits per heavy atom. The van der Waals surface area contributed by atoms with E-state index in [4.69, 9.17) is 0 Å². The van der Waals surface area contributed by atoms with Gasteiger partial charge in [0.25, 0.3) is 0 Å². The van der Waals surface area contributed by atoms with Crippen LogP contribution in [0.25, 0.3) is 0 Å². The Bertz CT molecular complexity index is 632. The van der Waals surface area contributed by atoms with E-state index in [0.717, 1.165) is 29.8 Å². The van der Waals surface area contributed by atoms with Gasteiger partial charge in [-0.05, 0) is 64.1 Å². The van der Waals surface area contributed by atoms with Crippen molar-refractivity contribution in [2.45, 2.75) is 58.4 Å². The summed E-state index contributed by atoms with van der Waals surface area (Å²) in [6.45, 7) is 12.7. The third-order valence-electron chi connectivity index (χ3n) is 4.75. The van der Waals surface area contributed by atoms with Gasteiger partial charge in [-0.25, -0.2) is 13.1 Å². The summed E-state index contributed by atoms with van der Waals surface area (Å²) in [6.07, 6.45) is 2.48. The molecule has 0 spiro atoms. The van der Waals surface area contributed by atoms with Crippen LogP contribution >= 0.6 is 0 Å². The fourth-order valence-electron chi connectivity index (χ4n) is 3.65. The maximum atomic E-state index is 12.7. The molecule has 1 aromatic rings. The van der Waals surface area contributed by atoms with Crippen molar-refractivity contribution in [1.29, 1.82) is 0 Å². The second-order valence-corrected chi connectivity index (χ2v) is 8.87. The molecule has 1 saturated heterocycles. The van der Waals surface area contributed by atoms with Gasteiger partial charge in [0, 0.05) is 19.1 Å². The Hall–Kier alpha value is -0.910. The third-order valence-corrected chi connectivity index (χ3v) is 6.48. The smallest absolute Gasteiger partial charge is 0.241 e. The van der Waals surface area contributed by atoms with Gasteiger partial charge in [0.2, 0.25) is 10.0 Å². The minimum Gasteiger partial charge on any atom is -0.299 e. The van der Waals surface area contributed by atoms with Gasteiger partial charge in [0.1, 0.15) is 0 Å². The first-order valence-electron chi connectivity index (χ1n) is 8.52. The zero-order valence-electron chi connectivity index (χ0n) is 15.0. The molecule has 0 bridgehead atoms. The van der Waals surface area contributed by atoms with Crippen LogP contribution in [0.5, 0.6) is 0 Å². The number of hydrogen-bond acceptors (Lipinski definition) is 3. The van der Waals surface area contributed by atoms with E-state index < -0.39 is 10.0 Å². The standard InChI is InChI=1S/C18H30N2O2S/c1-13-7-6-8-20(12-13)17(5)11-19-23(21,22)18-15(3)9-14(2)10-16(18)4/h9-10,13,17,19H,6-8,11-12H2,1-5H3. The SMILES string of the molecule is Cc1cc(C)c(S(=O)(=O)NCC(C)N2CCCC(C)C2)c(C)c1. The van der Waals surface area contributed by atoms with Crippen LogP contribution in [-0.2, 0) is 10.0 Å². The lowest BCUT2D eigenvalue weighted by atomic mass is 9.99. The van der Waals surface area contributed by atoms with Gasteiger partial charge in [0.05, 0.1) is 4.90 Å². The van der Waals surface area contributed by atoms with Gasteiger partial charge in [-0.2, -0.15) is 0 Å². The molecule has 1 N–H and O–H groups in total. The quantitative estimate of drug-likeness (QED) is 0.898. The van der Waals surface area contributed by atoms with Gasteiger partial charge in [-0.1, -0.05) is 24.6 Å². The lowest BCUT2D eigenvalue weighted by Crippen LogP contribution is -2.46. The molecule has 1 aliphatic rings. The molecule has 0 radical (unpaired) electrons. The zero-order chi connectivity index (χ0) is 17.2. The van der Waals surface area contributed by atoms with E-state index in [-0.39, 0.29) is 6.04 Å². The molecule has 0 aliphatic carbocycles. The molecular formula is C18H30N2O2S. The van der Waals surface area contributed by atoms with Crippen molar-refractivity contribution >= 4 is 10.0 Å². The first kappa shape index (κ1) is 18.4. The molecule has 2 unspecified atom stereocenters. The van der Waals surface area contributed by atoms with Gasteiger partial charge < -0.3 is 0 Å². The van der Waals surface area contributed by atoms with E-state index in [9.17, 15) is 8.42 Å². The Morgan fingerprint density at radius 2 is 1.87 bits per heavy atom. The first-order chi connectivity index (χ1) is 10.7. The molecule has 4 nitrogen and oxygen atoms in total. The third kappa shape index (κ3) is 4.55. The molecule has 1 heterocycles. The molecule has 130 valence electrons. The number of nitrogens with zero attached hydrogens (tertiary/aromatic N) is 1. The minimum atomic E-state index is -3.46. The van der Waals surface area contributed by atoms with Crippen molar-refractivity contribution < 1.29 is 8.42 Å². The molecule has 0 saturated carbocycles. The molecule has 1 aliphatic heterocycles. The van der Waals surface area contributed by atoms with Gasteiger partial charge >= 0.3 is 0 Å². The summed E-state index contributed by atoms with van der Waals surface area (Å²) in [5.41, 5.74) is 2.72. The van der Waals surface area contributed by atoms with Crippen molar-refractivity contribution in [1.82, 2.24) is 9.62 Å². The number of benzene rings is 1. The largest absolute Gasteiger partial charge is 0.299 e. The molecule has 1 aromatic carbocycles. The summed E-state index contributed by atoms with van der Waals surface area (Å²) < 4.78 is 28.2. The average molecular weight is 339 g/mol. The highest BCUT2D eigenvalue weighted by Crippen LogP contribution is 2.22. The second kappa shape index (κ2) is 7.32. The van der Waals surface area contributed by atoms with Crippen molar-refractivity contribution in [2.24, 2.45) is 5.92 Å². The number of likely N-dealkylation sites (tertiary alicyclic amines) is 1. The Morgan fingerprint density at radius 3 is 2.43 bits per heavy atom. The van der Waals surface area contributed by atoms with Crippen molar-refractivity contribution in [2.75, 3.05) is 19.6 Å². The average Bonchev–Trinajstić information content (AvgIpc) is 2.43.